The van der Waals surface area contributed by atoms with E-state index in [1.807, 2.05) is 0 Å². The van der Waals surface area contributed by atoms with E-state index in [1.165, 1.54) is 0 Å². The molecule has 0 aliphatic rings. The summed E-state index contributed by atoms with van der Waals surface area (Å²) in [4.78, 5) is 0. The zero-order chi connectivity index (χ0) is 17.9. The minimum absolute atomic E-state index is 0.110. The summed E-state index contributed by atoms with van der Waals surface area (Å²) in [6.07, 6.45) is -5.37. The lowest BCUT2D eigenvalue weighted by Crippen LogP contribution is -1.99. The van der Waals surface area contributed by atoms with Crippen LogP contribution in [0.3, 0.4) is 0 Å². The van der Waals surface area contributed by atoms with Crippen molar-refractivity contribution >= 4 is 15.9 Å². The first-order valence-electron chi connectivity index (χ1n) is 8.36. The number of rotatable bonds is 2. The van der Waals surface area contributed by atoms with Gasteiger partial charge in [0, 0.05) is 33.8 Å². The fourth-order valence-corrected chi connectivity index (χ4v) is 0.693. The standard InChI is InChI=1S/C8H12BrN/c1-3-7(2)10-5-4-8(9)6-10/h4-7H,3H2,1-2H3/i1D3,2D3,3D2,4D,5D,6D,7D. The molecule has 0 aliphatic heterocycles. The van der Waals surface area contributed by atoms with E-state index in [0.29, 0.717) is 0 Å². The van der Waals surface area contributed by atoms with E-state index in [1.54, 1.807) is 0 Å². The third-order valence-electron chi connectivity index (χ3n) is 0.829. The average Bonchev–Trinajstić information content (AvgIpc) is 2.50. The monoisotopic (exact) mass is 213 g/mol. The minimum atomic E-state index is -3.61. The van der Waals surface area contributed by atoms with Crippen LogP contribution in [0.1, 0.15) is 42.5 Å². The van der Waals surface area contributed by atoms with Crippen molar-refractivity contribution in [3.63, 3.8) is 0 Å². The van der Waals surface area contributed by atoms with Gasteiger partial charge in [-0.25, -0.2) is 0 Å². The summed E-state index contributed by atoms with van der Waals surface area (Å²) in [6, 6.07) is -4.12. The summed E-state index contributed by atoms with van der Waals surface area (Å²) in [5.41, 5.74) is 0. The first kappa shape index (κ1) is 1.58. The van der Waals surface area contributed by atoms with E-state index in [2.05, 4.69) is 15.9 Å². The molecule has 0 bridgehead atoms. The Morgan fingerprint density at radius 1 is 2.20 bits per heavy atom. The van der Waals surface area contributed by atoms with Gasteiger partial charge >= 0.3 is 0 Å². The molecule has 1 aromatic rings. The average molecular weight is 214 g/mol. The summed E-state index contributed by atoms with van der Waals surface area (Å²) in [5.74, 6) is 0. The van der Waals surface area contributed by atoms with Crippen LogP contribution in [0.5, 0.6) is 0 Å². The SMILES string of the molecule is [2H]c1c(Br)c([2H])n(C([2H])(C([2H])([2H])[2H])C([2H])([2H])C([2H])([2H])[2H])c1[2H]. The molecule has 10 heavy (non-hydrogen) atoms. The van der Waals surface area contributed by atoms with Gasteiger partial charge in [0.15, 0.2) is 0 Å². The summed E-state index contributed by atoms with van der Waals surface area (Å²) in [6.45, 7) is -7.01. The molecule has 0 spiro atoms. The first-order chi connectivity index (χ1) is 9.51. The predicted molar refractivity (Wildman–Crippen MR) is 47.1 cm³/mol. The molecule has 1 heterocycles. The van der Waals surface area contributed by atoms with Gasteiger partial charge in [0.25, 0.3) is 0 Å². The Kier molecular flexibility index (Phi) is 0.512. The van der Waals surface area contributed by atoms with Crippen molar-refractivity contribution in [3.8, 4) is 0 Å². The summed E-state index contributed by atoms with van der Waals surface area (Å²) in [5, 5.41) is 0. The molecule has 1 aromatic heterocycles. The lowest BCUT2D eigenvalue weighted by atomic mass is 10.3. The maximum absolute atomic E-state index is 8.08. The molecule has 0 radical (unpaired) electrons. The highest BCUT2D eigenvalue weighted by Gasteiger charge is 1.99. The molecule has 0 saturated carbocycles. The smallest absolute Gasteiger partial charge is 0.0830 e. The van der Waals surface area contributed by atoms with E-state index in [-0.39, 0.29) is 9.04 Å². The third-order valence-corrected chi connectivity index (χ3v) is 1.20. The van der Waals surface area contributed by atoms with Crippen LogP contribution >= 0.6 is 15.9 Å². The van der Waals surface area contributed by atoms with Gasteiger partial charge in [-0.15, -0.1) is 0 Å². The summed E-state index contributed by atoms with van der Waals surface area (Å²) in [7, 11) is 0. The van der Waals surface area contributed by atoms with Crippen LogP contribution in [-0.2, 0) is 0 Å². The predicted octanol–water partition coefficient (Wildman–Crippen LogP) is 3.22. The molecule has 1 atom stereocenters. The Labute approximate surface area is 87.0 Å². The van der Waals surface area contributed by atoms with E-state index in [4.69, 9.17) is 16.4 Å². The van der Waals surface area contributed by atoms with Gasteiger partial charge in [-0.2, -0.15) is 0 Å². The van der Waals surface area contributed by atoms with Crippen LogP contribution in [0.4, 0.5) is 0 Å². The number of hydrogen-bond donors (Lipinski definition) is 0. The molecule has 1 rings (SSSR count). The van der Waals surface area contributed by atoms with Crippen molar-refractivity contribution in [2.24, 2.45) is 0 Å². The van der Waals surface area contributed by atoms with Gasteiger partial charge in [-0.3, -0.25) is 0 Å². The Balaban J connectivity index is 3.91. The molecule has 2 heteroatoms. The zero-order valence-electron chi connectivity index (χ0n) is 16.8. The van der Waals surface area contributed by atoms with E-state index < -0.39 is 44.5 Å². The van der Waals surface area contributed by atoms with Gasteiger partial charge in [-0.05, 0) is 35.2 Å². The number of aromatic nitrogens is 1. The van der Waals surface area contributed by atoms with Crippen molar-refractivity contribution in [2.45, 2.75) is 26.1 Å². The van der Waals surface area contributed by atoms with Crippen molar-refractivity contribution in [1.82, 2.24) is 4.57 Å². The van der Waals surface area contributed by atoms with E-state index in [9.17, 15) is 0 Å². The van der Waals surface area contributed by atoms with Crippen molar-refractivity contribution in [2.75, 3.05) is 0 Å². The van der Waals surface area contributed by atoms with E-state index in [0.717, 1.165) is 0 Å². The normalized spacial score (nSPS) is 38.1. The van der Waals surface area contributed by atoms with Crippen molar-refractivity contribution in [1.29, 1.82) is 0 Å². The Morgan fingerprint density at radius 2 is 3.10 bits per heavy atom. The highest BCUT2D eigenvalue weighted by molar-refractivity contribution is 9.10. The Bertz CT molecular complexity index is 558. The van der Waals surface area contributed by atoms with Gasteiger partial charge in [0.1, 0.15) is 0 Å². The maximum Gasteiger partial charge on any atom is 0.0830 e. The molecule has 56 valence electrons. The summed E-state index contributed by atoms with van der Waals surface area (Å²) < 4.78 is 90.1. The summed E-state index contributed by atoms with van der Waals surface area (Å²) >= 11 is 2.78. The Hall–Kier alpha value is -0.240. The lowest BCUT2D eigenvalue weighted by Gasteiger charge is -2.09. The molecular weight excluding hydrogens is 190 g/mol. The molecule has 1 unspecified atom stereocenters. The van der Waals surface area contributed by atoms with Crippen molar-refractivity contribution < 1.29 is 16.4 Å². The molecule has 0 N–H and O–H groups in total. The van der Waals surface area contributed by atoms with Crippen LogP contribution in [0.15, 0.2) is 22.9 Å². The zero-order valence-corrected chi connectivity index (χ0v) is 6.41. The molecule has 0 fully saturated rings. The van der Waals surface area contributed by atoms with Crippen LogP contribution in [-0.4, -0.2) is 4.57 Å². The number of hydrogen-bond acceptors (Lipinski definition) is 0. The van der Waals surface area contributed by atoms with Gasteiger partial charge in [0.2, 0.25) is 0 Å². The second-order valence-electron chi connectivity index (χ2n) is 1.47. The van der Waals surface area contributed by atoms with Crippen LogP contribution < -0.4 is 0 Å². The minimum Gasteiger partial charge on any atom is -0.350 e. The second kappa shape index (κ2) is 3.24. The quantitative estimate of drug-likeness (QED) is 0.712. The van der Waals surface area contributed by atoms with Crippen LogP contribution in [0.25, 0.3) is 0 Å². The third kappa shape index (κ3) is 1.63. The van der Waals surface area contributed by atoms with Gasteiger partial charge in [0.05, 0.1) is 5.48 Å². The fourth-order valence-electron chi connectivity index (χ4n) is 0.427. The van der Waals surface area contributed by atoms with Crippen LogP contribution in [0.2, 0.25) is 0 Å². The van der Waals surface area contributed by atoms with Gasteiger partial charge < -0.3 is 4.57 Å². The lowest BCUT2D eigenvalue weighted by molar-refractivity contribution is 0.533. The number of halogens is 1. The first-order valence-corrected chi connectivity index (χ1v) is 3.15. The molecular formula is C8H12BrN. The molecule has 0 saturated heterocycles. The molecule has 0 amide bonds. The molecule has 1 nitrogen and oxygen atoms in total. The van der Waals surface area contributed by atoms with E-state index >= 15 is 0 Å². The Morgan fingerprint density at radius 3 is 3.60 bits per heavy atom. The van der Waals surface area contributed by atoms with Crippen LogP contribution in [0, 0.1) is 0 Å². The topological polar surface area (TPSA) is 4.93 Å². The highest BCUT2D eigenvalue weighted by atomic mass is 79.9. The van der Waals surface area contributed by atoms with Crippen molar-refractivity contribution in [3.05, 3.63) is 22.9 Å². The van der Waals surface area contributed by atoms with Gasteiger partial charge in [-0.1, -0.05) is 6.85 Å². The largest absolute Gasteiger partial charge is 0.350 e. The second-order valence-corrected chi connectivity index (χ2v) is 2.26. The molecule has 0 aromatic carbocycles. The maximum atomic E-state index is 8.08. The highest BCUT2D eigenvalue weighted by Crippen LogP contribution is 2.15. The fraction of sp³-hybridized carbons (Fsp3) is 0.500. The number of nitrogens with zero attached hydrogens (tertiary/aromatic N) is 1. The molecule has 0 aliphatic carbocycles.